The lowest BCUT2D eigenvalue weighted by Gasteiger charge is -2.27. The Morgan fingerprint density at radius 1 is 1.00 bits per heavy atom. The largest absolute Gasteiger partial charge is 0.495 e. The number of likely N-dealkylation sites (N-methyl/N-ethyl adjacent to an activating group) is 1. The van der Waals surface area contributed by atoms with Crippen LogP contribution in [0.2, 0.25) is 0 Å². The van der Waals surface area contributed by atoms with E-state index in [2.05, 4.69) is 25.4 Å². The van der Waals surface area contributed by atoms with Crippen LogP contribution in [-0.2, 0) is 14.8 Å². The average Bonchev–Trinajstić information content (AvgIpc) is 3.32. The van der Waals surface area contributed by atoms with Crippen molar-refractivity contribution in [2.24, 2.45) is 0 Å². The highest BCUT2D eigenvalue weighted by atomic mass is 32.2. The number of nitrogens with one attached hydrogen (secondary N) is 3. The molecule has 3 N–H and O–H groups in total. The van der Waals surface area contributed by atoms with Crippen LogP contribution in [-0.4, -0.2) is 71.4 Å². The van der Waals surface area contributed by atoms with Crippen LogP contribution < -0.4 is 29.1 Å². The van der Waals surface area contributed by atoms with E-state index in [1.807, 2.05) is 18.0 Å². The molecule has 14 heteroatoms. The van der Waals surface area contributed by atoms with Crippen LogP contribution in [0.25, 0.3) is 11.0 Å². The zero-order chi connectivity index (χ0) is 28.7. The first-order valence-electron chi connectivity index (χ1n) is 13.2. The molecule has 1 unspecified atom stereocenters. The fourth-order valence-electron chi connectivity index (χ4n) is 4.99. The lowest BCUT2D eigenvalue weighted by molar-refractivity contribution is 0.193. The molecule has 4 aromatic rings. The van der Waals surface area contributed by atoms with E-state index >= 15 is 0 Å². The van der Waals surface area contributed by atoms with Crippen molar-refractivity contribution in [1.29, 1.82) is 0 Å². The van der Waals surface area contributed by atoms with Gasteiger partial charge in [0.05, 0.1) is 50.7 Å². The molecule has 218 valence electrons. The Labute approximate surface area is 237 Å². The highest BCUT2D eigenvalue weighted by Crippen LogP contribution is 2.42. The summed E-state index contributed by atoms with van der Waals surface area (Å²) in [7, 11) is 2.04. The van der Waals surface area contributed by atoms with Gasteiger partial charge in [0, 0.05) is 49.5 Å². The first kappa shape index (κ1) is 27.0. The van der Waals surface area contributed by atoms with Crippen LogP contribution in [0.1, 0.15) is 30.9 Å². The van der Waals surface area contributed by atoms with Crippen molar-refractivity contribution in [2.75, 3.05) is 56.5 Å². The summed E-state index contributed by atoms with van der Waals surface area (Å²) in [6, 6.07) is 8.81. The second-order valence-corrected chi connectivity index (χ2v) is 11.7. The molecule has 2 aliphatic rings. The van der Waals surface area contributed by atoms with E-state index in [0.717, 1.165) is 30.6 Å². The van der Waals surface area contributed by atoms with Gasteiger partial charge in [-0.25, -0.2) is 8.42 Å². The van der Waals surface area contributed by atoms with Crippen LogP contribution in [0.4, 0.5) is 23.0 Å². The Balaban J connectivity index is 1.31. The van der Waals surface area contributed by atoms with Crippen LogP contribution in [0.15, 0.2) is 39.8 Å². The number of aromatic amines is 1. The maximum absolute atomic E-state index is 13.7. The zero-order valence-corrected chi connectivity index (χ0v) is 24.0. The van der Waals surface area contributed by atoms with Crippen molar-refractivity contribution < 1.29 is 31.9 Å². The molecule has 6 rings (SSSR count). The second-order valence-electron chi connectivity index (χ2n) is 10.1. The number of rotatable bonds is 11. The Kier molecular flexibility index (Phi) is 7.03. The quantitative estimate of drug-likeness (QED) is 0.232. The van der Waals surface area contributed by atoms with Crippen molar-refractivity contribution in [2.45, 2.75) is 36.1 Å². The lowest BCUT2D eigenvalue weighted by atomic mass is 10.2. The number of H-pyrrole nitrogens is 1. The summed E-state index contributed by atoms with van der Waals surface area (Å²) in [5, 5.41) is 15.0. The molecule has 2 fully saturated rings. The molecule has 13 nitrogen and oxygen atoms in total. The van der Waals surface area contributed by atoms with Crippen LogP contribution in [0.3, 0.4) is 0 Å². The SMILES string of the molecule is COc1cc2c(NS(=O)(=O)c3c(OC)cc(N(C)C4CCOC4)cc3OC)noc2cc1Nc1cc(C2CC2)n[nH]1. The second kappa shape index (κ2) is 10.7. The topological polar surface area (TPSA) is 153 Å². The Hall–Kier alpha value is -4.17. The van der Waals surface area contributed by atoms with E-state index in [1.165, 1.54) is 21.3 Å². The number of benzene rings is 2. The number of hydrogen-bond donors (Lipinski definition) is 3. The number of sulfonamides is 1. The predicted molar refractivity (Wildman–Crippen MR) is 152 cm³/mol. The van der Waals surface area contributed by atoms with E-state index in [1.54, 1.807) is 24.3 Å². The minimum atomic E-state index is -4.23. The van der Waals surface area contributed by atoms with Gasteiger partial charge in [-0.3, -0.25) is 9.82 Å². The van der Waals surface area contributed by atoms with E-state index < -0.39 is 10.0 Å². The third kappa shape index (κ3) is 5.20. The number of anilines is 4. The fourth-order valence-corrected chi connectivity index (χ4v) is 6.31. The third-order valence-corrected chi connectivity index (χ3v) is 8.86. The minimum absolute atomic E-state index is 0.00387. The van der Waals surface area contributed by atoms with Gasteiger partial charge in [-0.15, -0.1) is 0 Å². The molecular weight excluding hydrogens is 552 g/mol. The summed E-state index contributed by atoms with van der Waals surface area (Å²) < 4.78 is 57.6. The average molecular weight is 585 g/mol. The Morgan fingerprint density at radius 2 is 1.73 bits per heavy atom. The molecule has 41 heavy (non-hydrogen) atoms. The summed E-state index contributed by atoms with van der Waals surface area (Å²) in [5.74, 6) is 1.92. The first-order valence-corrected chi connectivity index (χ1v) is 14.7. The van der Waals surface area contributed by atoms with Gasteiger partial charge in [0.2, 0.25) is 0 Å². The summed E-state index contributed by atoms with van der Waals surface area (Å²) in [6.45, 7) is 1.27. The minimum Gasteiger partial charge on any atom is -0.495 e. The van der Waals surface area contributed by atoms with Crippen LogP contribution in [0, 0.1) is 0 Å². The van der Waals surface area contributed by atoms with E-state index in [0.29, 0.717) is 47.4 Å². The highest BCUT2D eigenvalue weighted by Gasteiger charge is 2.30. The molecule has 2 aromatic carbocycles. The zero-order valence-electron chi connectivity index (χ0n) is 23.2. The van der Waals surface area contributed by atoms with E-state index in [9.17, 15) is 8.42 Å². The maximum atomic E-state index is 13.7. The predicted octanol–water partition coefficient (Wildman–Crippen LogP) is 4.22. The van der Waals surface area contributed by atoms with Gasteiger partial charge < -0.3 is 33.7 Å². The molecule has 1 aliphatic heterocycles. The molecule has 1 aliphatic carbocycles. The van der Waals surface area contributed by atoms with Crippen LogP contribution >= 0.6 is 0 Å². The number of fused-ring (bicyclic) bond motifs is 1. The fraction of sp³-hybridized carbons (Fsp3) is 0.407. The van der Waals surface area contributed by atoms with Gasteiger partial charge >= 0.3 is 0 Å². The molecule has 0 radical (unpaired) electrons. The van der Waals surface area contributed by atoms with Crippen molar-refractivity contribution in [3.8, 4) is 17.2 Å². The number of aromatic nitrogens is 3. The van der Waals surface area contributed by atoms with Crippen molar-refractivity contribution in [3.63, 3.8) is 0 Å². The van der Waals surface area contributed by atoms with E-state index in [-0.39, 0.29) is 28.3 Å². The Morgan fingerprint density at radius 3 is 2.37 bits per heavy atom. The smallest absolute Gasteiger partial charge is 0.270 e. The molecule has 2 aromatic heterocycles. The van der Waals surface area contributed by atoms with E-state index in [4.69, 9.17) is 23.5 Å². The summed E-state index contributed by atoms with van der Waals surface area (Å²) in [4.78, 5) is 1.87. The molecule has 0 amide bonds. The number of nitrogens with zero attached hydrogens (tertiary/aromatic N) is 3. The van der Waals surface area contributed by atoms with Gasteiger partial charge in [-0.05, 0) is 25.3 Å². The normalized spacial score (nSPS) is 17.0. The van der Waals surface area contributed by atoms with Crippen molar-refractivity contribution in [3.05, 3.63) is 36.0 Å². The van der Waals surface area contributed by atoms with Gasteiger partial charge in [-0.2, -0.15) is 5.10 Å². The molecule has 3 heterocycles. The summed E-state index contributed by atoms with van der Waals surface area (Å²) in [6.07, 6.45) is 3.16. The van der Waals surface area contributed by atoms with Crippen LogP contribution in [0.5, 0.6) is 17.2 Å². The van der Waals surface area contributed by atoms with Crippen molar-refractivity contribution >= 4 is 44.0 Å². The third-order valence-electron chi connectivity index (χ3n) is 7.46. The summed E-state index contributed by atoms with van der Waals surface area (Å²) in [5.41, 5.74) is 2.71. The van der Waals surface area contributed by atoms with Gasteiger partial charge in [-0.1, -0.05) is 5.16 Å². The lowest BCUT2D eigenvalue weighted by Crippen LogP contribution is -2.31. The number of methoxy groups -OCH3 is 3. The molecular formula is C27H32N6O7S. The molecule has 1 saturated heterocycles. The monoisotopic (exact) mass is 584 g/mol. The van der Waals surface area contributed by atoms with Crippen molar-refractivity contribution in [1.82, 2.24) is 15.4 Å². The number of ether oxygens (including phenoxy) is 4. The first-order chi connectivity index (χ1) is 19.8. The standard InChI is InChI=1S/C27H32N6O7S/c1-33(16-7-8-39-14-16)17-9-23(37-3)26(24(10-17)38-4)41(34,35)32-27-18-11-22(36-2)20(12-21(18)40-31-27)28-25-13-19(29-30-25)15-5-6-15/h9-13,15-16H,5-8,14H2,1-4H3,(H,31,32)(H2,28,29,30). The molecule has 0 bridgehead atoms. The summed E-state index contributed by atoms with van der Waals surface area (Å²) >= 11 is 0. The molecule has 1 atom stereocenters. The number of hydrogen-bond acceptors (Lipinski definition) is 11. The van der Waals surface area contributed by atoms with Gasteiger partial charge in [0.1, 0.15) is 23.1 Å². The van der Waals surface area contributed by atoms with Gasteiger partial charge in [0.25, 0.3) is 10.0 Å². The van der Waals surface area contributed by atoms with Gasteiger partial charge in [0.15, 0.2) is 16.3 Å². The Bertz CT molecular complexity index is 1650. The highest BCUT2D eigenvalue weighted by molar-refractivity contribution is 7.93. The maximum Gasteiger partial charge on any atom is 0.270 e. The molecule has 1 saturated carbocycles. The molecule has 0 spiro atoms.